The van der Waals surface area contributed by atoms with E-state index in [-0.39, 0.29) is 12.1 Å². The van der Waals surface area contributed by atoms with Gasteiger partial charge in [-0.1, -0.05) is 42.5 Å². The average Bonchev–Trinajstić information content (AvgIpc) is 3.08. The van der Waals surface area contributed by atoms with Crippen LogP contribution in [0.2, 0.25) is 0 Å². The second-order valence-electron chi connectivity index (χ2n) is 7.26. The molecular weight excluding hydrogens is 356 g/mol. The van der Waals surface area contributed by atoms with E-state index in [2.05, 4.69) is 0 Å². The van der Waals surface area contributed by atoms with Gasteiger partial charge in [0.25, 0.3) is 0 Å². The van der Waals surface area contributed by atoms with Crippen LogP contribution in [-0.4, -0.2) is 31.4 Å². The predicted octanol–water partition coefficient (Wildman–Crippen LogP) is 4.28. The van der Waals surface area contributed by atoms with Gasteiger partial charge < -0.3 is 18.9 Å². The van der Waals surface area contributed by atoms with Crippen molar-refractivity contribution in [3.05, 3.63) is 65.7 Å². The summed E-state index contributed by atoms with van der Waals surface area (Å²) in [7, 11) is 1.65. The van der Waals surface area contributed by atoms with Gasteiger partial charge in [-0.25, -0.2) is 0 Å². The number of hydrogen-bond acceptors (Lipinski definition) is 5. The normalized spacial score (nSPS) is 20.0. The first kappa shape index (κ1) is 20.4. The van der Waals surface area contributed by atoms with Crippen molar-refractivity contribution in [1.82, 2.24) is 0 Å². The highest BCUT2D eigenvalue weighted by atomic mass is 16.6. The van der Waals surface area contributed by atoms with Crippen molar-refractivity contribution in [2.75, 3.05) is 13.7 Å². The van der Waals surface area contributed by atoms with Gasteiger partial charge in [0.05, 0.1) is 26.4 Å². The van der Waals surface area contributed by atoms with E-state index in [1.807, 2.05) is 61.5 Å². The minimum atomic E-state index is -0.611. The van der Waals surface area contributed by atoms with E-state index in [1.165, 1.54) is 0 Å². The third-order valence-corrected chi connectivity index (χ3v) is 5.10. The third-order valence-electron chi connectivity index (χ3n) is 5.10. The molecule has 0 saturated carbocycles. The molecule has 0 spiro atoms. The van der Waals surface area contributed by atoms with Crippen LogP contribution in [0, 0.1) is 0 Å². The van der Waals surface area contributed by atoms with E-state index in [1.54, 1.807) is 7.11 Å². The molecule has 2 aromatic rings. The molecule has 5 nitrogen and oxygen atoms in total. The number of carbonyl (C=O) groups is 1. The van der Waals surface area contributed by atoms with Crippen molar-refractivity contribution in [2.45, 2.75) is 51.1 Å². The molecule has 0 unspecified atom stereocenters. The Balaban J connectivity index is 1.56. The number of benzene rings is 2. The van der Waals surface area contributed by atoms with Gasteiger partial charge >= 0.3 is 5.97 Å². The molecule has 2 aromatic carbocycles. The number of carbonyl (C=O) groups excluding carboxylic acids is 1. The fraction of sp³-hybridized carbons (Fsp3) is 0.435. The van der Waals surface area contributed by atoms with E-state index in [4.69, 9.17) is 18.9 Å². The topological polar surface area (TPSA) is 54.0 Å². The summed E-state index contributed by atoms with van der Waals surface area (Å²) in [5.74, 6) is 0.650. The molecule has 1 aliphatic rings. The Hall–Kier alpha value is -2.37. The first-order valence-corrected chi connectivity index (χ1v) is 9.67. The van der Waals surface area contributed by atoms with Gasteiger partial charge in [0.1, 0.15) is 11.4 Å². The van der Waals surface area contributed by atoms with Crippen LogP contribution >= 0.6 is 0 Å². The van der Waals surface area contributed by atoms with Crippen LogP contribution in [0.4, 0.5) is 0 Å². The van der Waals surface area contributed by atoms with Crippen LogP contribution in [0.25, 0.3) is 0 Å². The molecule has 0 radical (unpaired) electrons. The number of cyclic esters (lactones) is 1. The smallest absolute Gasteiger partial charge is 0.306 e. The summed E-state index contributed by atoms with van der Waals surface area (Å²) in [5.41, 5.74) is 1.57. The zero-order valence-electron chi connectivity index (χ0n) is 16.6. The van der Waals surface area contributed by atoms with Gasteiger partial charge in [0, 0.05) is 19.4 Å². The Morgan fingerprint density at radius 1 is 1.04 bits per heavy atom. The van der Waals surface area contributed by atoms with Crippen molar-refractivity contribution in [3.63, 3.8) is 0 Å². The standard InChI is InChI=1S/C23H28O5/c1-23(14-12-22(24)28-23)21(13-15-26-16-18-6-4-3-5-7-18)27-17-19-8-10-20(25-2)11-9-19/h3-11,21H,12-17H2,1-2H3/t21-,23-/m1/s1. The first-order valence-electron chi connectivity index (χ1n) is 9.67. The van der Waals surface area contributed by atoms with Crippen molar-refractivity contribution in [3.8, 4) is 5.75 Å². The summed E-state index contributed by atoms with van der Waals surface area (Å²) < 4.78 is 22.8. The van der Waals surface area contributed by atoms with Crippen molar-refractivity contribution < 1.29 is 23.7 Å². The van der Waals surface area contributed by atoms with Gasteiger partial charge in [-0.05, 0) is 36.6 Å². The average molecular weight is 384 g/mol. The van der Waals surface area contributed by atoms with Gasteiger partial charge in [-0.2, -0.15) is 0 Å². The van der Waals surface area contributed by atoms with Crippen LogP contribution in [0.3, 0.4) is 0 Å². The molecule has 0 aromatic heterocycles. The van der Waals surface area contributed by atoms with E-state index in [0.29, 0.717) is 39.1 Å². The SMILES string of the molecule is COc1ccc(CO[C@H](CCOCc2ccccc2)[C@@]2(C)CCC(=O)O2)cc1. The second-order valence-corrected chi connectivity index (χ2v) is 7.26. The van der Waals surface area contributed by atoms with Crippen LogP contribution < -0.4 is 4.74 Å². The molecule has 28 heavy (non-hydrogen) atoms. The molecule has 0 aliphatic carbocycles. The lowest BCUT2D eigenvalue weighted by Gasteiger charge is -2.32. The second kappa shape index (κ2) is 9.71. The molecular formula is C23H28O5. The largest absolute Gasteiger partial charge is 0.497 e. The lowest BCUT2D eigenvalue weighted by atomic mass is 9.93. The summed E-state index contributed by atoms with van der Waals surface area (Å²) >= 11 is 0. The third kappa shape index (κ3) is 5.57. The molecule has 0 N–H and O–H groups in total. The van der Waals surface area contributed by atoms with Crippen molar-refractivity contribution >= 4 is 5.97 Å². The molecule has 1 heterocycles. The summed E-state index contributed by atoms with van der Waals surface area (Å²) in [6.45, 7) is 3.49. The monoisotopic (exact) mass is 384 g/mol. The van der Waals surface area contributed by atoms with E-state index >= 15 is 0 Å². The van der Waals surface area contributed by atoms with E-state index in [0.717, 1.165) is 16.9 Å². The lowest BCUT2D eigenvalue weighted by molar-refractivity contribution is -0.164. The summed E-state index contributed by atoms with van der Waals surface area (Å²) in [6.07, 6.45) is 1.53. The summed E-state index contributed by atoms with van der Waals surface area (Å²) in [5, 5.41) is 0. The predicted molar refractivity (Wildman–Crippen MR) is 106 cm³/mol. The highest BCUT2D eigenvalue weighted by Gasteiger charge is 2.43. The van der Waals surface area contributed by atoms with Gasteiger partial charge in [0.15, 0.2) is 0 Å². The number of ether oxygens (including phenoxy) is 4. The number of esters is 1. The molecule has 0 bridgehead atoms. The van der Waals surface area contributed by atoms with E-state index in [9.17, 15) is 4.79 Å². The minimum Gasteiger partial charge on any atom is -0.497 e. The van der Waals surface area contributed by atoms with Gasteiger partial charge in [-0.3, -0.25) is 4.79 Å². The van der Waals surface area contributed by atoms with Crippen LogP contribution in [-0.2, 0) is 32.2 Å². The van der Waals surface area contributed by atoms with Crippen molar-refractivity contribution in [2.24, 2.45) is 0 Å². The summed E-state index contributed by atoms with van der Waals surface area (Å²) in [4.78, 5) is 11.7. The van der Waals surface area contributed by atoms with Gasteiger partial charge in [0.2, 0.25) is 0 Å². The Labute approximate surface area is 166 Å². The molecule has 1 saturated heterocycles. The zero-order valence-corrected chi connectivity index (χ0v) is 16.6. The maximum Gasteiger partial charge on any atom is 0.306 e. The molecule has 0 amide bonds. The van der Waals surface area contributed by atoms with Gasteiger partial charge in [-0.15, -0.1) is 0 Å². The molecule has 1 aliphatic heterocycles. The fourth-order valence-electron chi connectivity index (χ4n) is 3.38. The number of hydrogen-bond donors (Lipinski definition) is 0. The quantitative estimate of drug-likeness (QED) is 0.452. The highest BCUT2D eigenvalue weighted by Crippen LogP contribution is 2.33. The lowest BCUT2D eigenvalue weighted by Crippen LogP contribution is -2.41. The van der Waals surface area contributed by atoms with Crippen LogP contribution in [0.15, 0.2) is 54.6 Å². The number of rotatable bonds is 10. The Bertz CT molecular complexity index is 743. The highest BCUT2D eigenvalue weighted by molar-refractivity contribution is 5.72. The Morgan fingerprint density at radius 3 is 2.39 bits per heavy atom. The number of methoxy groups -OCH3 is 1. The van der Waals surface area contributed by atoms with Crippen LogP contribution in [0.1, 0.15) is 37.3 Å². The Kier molecular flexibility index (Phi) is 7.06. The zero-order chi connectivity index (χ0) is 19.8. The Morgan fingerprint density at radius 2 is 1.75 bits per heavy atom. The minimum absolute atomic E-state index is 0.161. The maximum atomic E-state index is 11.7. The molecule has 150 valence electrons. The molecule has 1 fully saturated rings. The maximum absolute atomic E-state index is 11.7. The molecule has 2 atom stereocenters. The van der Waals surface area contributed by atoms with Crippen LogP contribution in [0.5, 0.6) is 5.75 Å². The molecule has 5 heteroatoms. The molecule has 3 rings (SSSR count). The first-order chi connectivity index (χ1) is 13.6. The summed E-state index contributed by atoms with van der Waals surface area (Å²) in [6, 6.07) is 17.8. The fourth-order valence-corrected chi connectivity index (χ4v) is 3.38. The van der Waals surface area contributed by atoms with Crippen molar-refractivity contribution in [1.29, 1.82) is 0 Å². The van der Waals surface area contributed by atoms with E-state index < -0.39 is 5.60 Å².